The van der Waals surface area contributed by atoms with Crippen molar-refractivity contribution in [3.05, 3.63) is 107 Å². The number of nitrogens with two attached hydrogens (primary N) is 2. The number of amides is 4. The minimum atomic E-state index is -1.08. The van der Waals surface area contributed by atoms with E-state index in [-0.39, 0.29) is 80.9 Å². The molecule has 9 N–H and O–H groups in total. The van der Waals surface area contributed by atoms with Crippen molar-refractivity contribution in [2.24, 2.45) is 23.3 Å². The number of benzene rings is 4. The Morgan fingerprint density at radius 2 is 0.832 bits per heavy atom. The molecule has 662 valence electrons. The number of unbranched alkanes of at least 4 members (excludes halogenated alkanes) is 2. The number of carbonyl (C=O) groups excluding carboxylic acids is 6. The molecule has 4 amide bonds. The summed E-state index contributed by atoms with van der Waals surface area (Å²) in [6.45, 7) is 29.1. The molecule has 27 heteroatoms. The second kappa shape index (κ2) is 71.0. The Bertz CT molecular complexity index is 3510. The largest absolute Gasteiger partial charge is 0.481 e. The normalized spacial score (nSPS) is 11.3. The average Bonchev–Trinajstić information content (AvgIpc) is 1.62. The Labute approximate surface area is 724 Å². The fraction of sp³-hybridized carbons (Fsp3) is 0.576. The molecule has 0 fully saturated rings. The van der Waals surface area contributed by atoms with Crippen LogP contribution in [0.1, 0.15) is 204 Å². The first-order valence-electron chi connectivity index (χ1n) is 41.3. The zero-order valence-electron chi connectivity index (χ0n) is 72.8. The summed E-state index contributed by atoms with van der Waals surface area (Å²) >= 11 is 5.44. The molecule has 0 heterocycles. The number of fused-ring (bicyclic) bond motifs is 3. The molecule has 0 spiro atoms. The number of carbonyl (C=O) groups is 7. The van der Waals surface area contributed by atoms with Crippen LogP contribution in [0.5, 0.6) is 23.0 Å². The van der Waals surface area contributed by atoms with E-state index >= 15 is 0 Å². The molecule has 4 aromatic carbocycles. The zero-order chi connectivity index (χ0) is 88.8. The van der Waals surface area contributed by atoms with Crippen molar-refractivity contribution in [1.82, 2.24) is 21.3 Å². The highest BCUT2D eigenvalue weighted by Gasteiger charge is 2.31. The monoisotopic (exact) mass is 1710 g/mol. The van der Waals surface area contributed by atoms with Crippen LogP contribution in [-0.4, -0.2) is 205 Å². The van der Waals surface area contributed by atoms with E-state index in [0.717, 1.165) is 125 Å². The lowest BCUT2D eigenvalue weighted by Crippen LogP contribution is -2.34. The lowest BCUT2D eigenvalue weighted by molar-refractivity contribution is -0.147. The highest BCUT2D eigenvalue weighted by molar-refractivity contribution is 7.99. The third-order valence-corrected chi connectivity index (χ3v) is 19.2. The van der Waals surface area contributed by atoms with Crippen molar-refractivity contribution in [3.63, 3.8) is 0 Å². The van der Waals surface area contributed by atoms with Crippen molar-refractivity contribution in [2.45, 2.75) is 183 Å². The van der Waals surface area contributed by atoms with Gasteiger partial charge in [-0.2, -0.15) is 35.3 Å². The van der Waals surface area contributed by atoms with E-state index in [1.54, 1.807) is 62.5 Å². The molecule has 0 saturated carbocycles. The molecule has 0 saturated heterocycles. The van der Waals surface area contributed by atoms with Gasteiger partial charge in [0.2, 0.25) is 11.8 Å². The van der Waals surface area contributed by atoms with E-state index in [2.05, 4.69) is 95.7 Å². The number of carboxylic acid groups (broad SMARTS) is 1. The van der Waals surface area contributed by atoms with E-state index in [0.29, 0.717) is 93.3 Å². The van der Waals surface area contributed by atoms with E-state index in [1.165, 1.54) is 42.1 Å². The van der Waals surface area contributed by atoms with Crippen LogP contribution in [-0.2, 0) is 42.8 Å². The highest BCUT2D eigenvalue weighted by atomic mass is 32.2. The molecule has 0 radical (unpaired) electrons. The van der Waals surface area contributed by atoms with Crippen LogP contribution in [0.2, 0.25) is 0 Å². The van der Waals surface area contributed by atoms with Crippen molar-refractivity contribution >= 4 is 77.0 Å². The summed E-state index contributed by atoms with van der Waals surface area (Å²) in [5.41, 5.74) is 13.7. The standard InChI is InChI=1S/C35H50N2O6S.C33H48N2O7S.C13H10O4.C8H19NOS.C2H6.CH5N/c1-5-20-41-21-12-22-44-23-19-36-33(39)26(13-10-11-18-37-34(40)43-35(2,3)4)24-32(38)42-25-31-29-16-8-6-14-27(29)28-15-7-9-17-30(28)31;1-7-16-39-19-12-20-43-21-15-34-31(37)26(13-10-11-14-35-32(38)42-33(4,5)6)24-30(36)27-22-28(40-17-8-2)25-29(23-27)41-18-9-3;1-3-5-16-11-7-10(13(14)15)8-12(9-11)17-6-4-2;1-2-5-10-6-3-7-11-8-4-9;2*1-2/h6-9,14-17,26,31H,5,10-13,18-25H2,1-4H3,(H,36,39)(H,37,40);2-3,22-23,25-26H,7,10-21,24H2,1,4-6H3,(H,34,37)(H,35,38);1-2,7-9H,5-6H2,(H,14,15);2-9H2,1H3;1-2H3;2H2,1H3. The van der Waals surface area contributed by atoms with Gasteiger partial charge in [-0.05, 0) is 177 Å². The number of ketones is 1. The summed E-state index contributed by atoms with van der Waals surface area (Å²) in [7, 11) is 1.50. The number of nitrogens with one attached hydrogen (secondary N) is 4. The van der Waals surface area contributed by atoms with Crippen molar-refractivity contribution in [3.8, 4) is 83.5 Å². The van der Waals surface area contributed by atoms with Crippen molar-refractivity contribution in [2.75, 3.05) is 147 Å². The Morgan fingerprint density at radius 1 is 0.471 bits per heavy atom. The molecular formula is C92H138N6O18S3. The summed E-state index contributed by atoms with van der Waals surface area (Å²) < 4.78 is 54.0. The molecule has 5 rings (SSSR count). The predicted molar refractivity (Wildman–Crippen MR) is 484 cm³/mol. The van der Waals surface area contributed by atoms with Crippen LogP contribution < -0.4 is 51.7 Å². The number of carboxylic acids is 1. The first-order chi connectivity index (χ1) is 57.4. The zero-order valence-corrected chi connectivity index (χ0v) is 75.3. The number of hydrogen-bond acceptors (Lipinski definition) is 22. The van der Waals surface area contributed by atoms with E-state index < -0.39 is 41.2 Å². The molecule has 0 aromatic heterocycles. The van der Waals surface area contributed by atoms with Gasteiger partial charge in [-0.1, -0.05) is 120 Å². The number of alkyl carbamates (subject to hydrolysis) is 2. The topological polar surface area (TPSA) is 332 Å². The van der Waals surface area contributed by atoms with Crippen LogP contribution >= 0.6 is 35.3 Å². The smallest absolute Gasteiger partial charge is 0.407 e. The highest BCUT2D eigenvalue weighted by Crippen LogP contribution is 2.44. The second-order valence-corrected chi connectivity index (χ2v) is 31.9. The number of ether oxygens (including phenoxy) is 10. The number of terminal acetylenes is 4. The molecule has 24 nitrogen and oxygen atoms in total. The third-order valence-electron chi connectivity index (χ3n) is 16.0. The Kier molecular flexibility index (Phi) is 65.8. The maximum absolute atomic E-state index is 13.4. The van der Waals surface area contributed by atoms with Gasteiger partial charge in [-0.15, -0.1) is 25.7 Å². The number of esters is 1. The maximum Gasteiger partial charge on any atom is 0.407 e. The first kappa shape index (κ1) is 110. The summed E-state index contributed by atoms with van der Waals surface area (Å²) in [5.74, 6) is 13.5. The number of thioether (sulfide) groups is 3. The second-order valence-electron chi connectivity index (χ2n) is 28.3. The minimum absolute atomic E-state index is 0.000406. The SMILES string of the molecule is C#CCOc1cc(OCC#C)cc(C(=O)CC(CCCCNC(=O)OC(C)(C)C)C(=O)NCCSCCCOCCC)c1.C#CCOc1cc(OCC#C)cc(C(=O)O)c1.CC.CCCOCCCSCCN.CCCOCCCSCCNC(=O)C(CCCCNC(=O)OC(C)(C)C)CC(=O)OCC1c2ccccc2-c2ccccc21.CN. The van der Waals surface area contributed by atoms with Gasteiger partial charge in [-0.25, -0.2) is 14.4 Å². The maximum atomic E-state index is 13.4. The quantitative estimate of drug-likeness (QED) is 0.00710. The number of rotatable bonds is 54. The average molecular weight is 1710 g/mol. The van der Waals surface area contributed by atoms with Crippen LogP contribution in [0.3, 0.4) is 0 Å². The van der Waals surface area contributed by atoms with Gasteiger partial charge in [0.25, 0.3) is 0 Å². The van der Waals surface area contributed by atoms with Crippen LogP contribution in [0.15, 0.2) is 84.9 Å². The Morgan fingerprint density at radius 3 is 1.18 bits per heavy atom. The fourth-order valence-electron chi connectivity index (χ4n) is 10.9. The molecular weight excluding hydrogens is 1570 g/mol. The fourth-order valence-corrected chi connectivity index (χ4v) is 13.1. The molecule has 0 bridgehead atoms. The van der Waals surface area contributed by atoms with Gasteiger partial charge in [0.1, 0.15) is 67.2 Å². The van der Waals surface area contributed by atoms with Gasteiger partial charge >= 0.3 is 24.1 Å². The molecule has 2 unspecified atom stereocenters. The predicted octanol–water partition coefficient (Wildman–Crippen LogP) is 15.5. The van der Waals surface area contributed by atoms with Gasteiger partial charge in [0.15, 0.2) is 5.78 Å². The Balaban J connectivity index is 0.00000172. The molecule has 119 heavy (non-hydrogen) atoms. The summed E-state index contributed by atoms with van der Waals surface area (Å²) in [6.07, 6.45) is 29.7. The van der Waals surface area contributed by atoms with Gasteiger partial charge in [0, 0.05) is 131 Å². The number of Topliss-reactive ketones (excluding diaryl/α,β-unsaturated/α-hetero) is 1. The van der Waals surface area contributed by atoms with Crippen LogP contribution in [0.25, 0.3) is 11.1 Å². The van der Waals surface area contributed by atoms with E-state index in [4.69, 9.17) is 83.9 Å². The van der Waals surface area contributed by atoms with Crippen molar-refractivity contribution in [1.29, 1.82) is 0 Å². The minimum Gasteiger partial charge on any atom is -0.481 e. The summed E-state index contributed by atoms with van der Waals surface area (Å²) in [4.78, 5) is 87.5. The van der Waals surface area contributed by atoms with Gasteiger partial charge in [-0.3, -0.25) is 19.2 Å². The third kappa shape index (κ3) is 55.7. The number of aromatic carboxylic acids is 1. The lowest BCUT2D eigenvalue weighted by Gasteiger charge is -2.20. The molecule has 2 atom stereocenters. The molecule has 1 aliphatic rings. The van der Waals surface area contributed by atoms with Crippen LogP contribution in [0.4, 0.5) is 9.59 Å². The Hall–Kier alpha value is -8.74. The lowest BCUT2D eigenvalue weighted by atomic mass is 9.92. The first-order valence-corrected chi connectivity index (χ1v) is 44.7. The number of hydrogen-bond donors (Lipinski definition) is 7. The molecule has 4 aromatic rings. The van der Waals surface area contributed by atoms with E-state index in [9.17, 15) is 33.6 Å². The van der Waals surface area contributed by atoms with Crippen LogP contribution in [0, 0.1) is 61.2 Å². The molecule has 0 aliphatic heterocycles. The van der Waals surface area contributed by atoms with E-state index in [1.807, 2.05) is 70.6 Å². The summed E-state index contributed by atoms with van der Waals surface area (Å²) in [6, 6.07) is 25.5. The molecule has 1 aliphatic carbocycles. The van der Waals surface area contributed by atoms with Gasteiger partial charge < -0.3 is 85.2 Å². The van der Waals surface area contributed by atoms with Crippen molar-refractivity contribution < 1.29 is 86.0 Å². The summed E-state index contributed by atoms with van der Waals surface area (Å²) in [5, 5.41) is 20.4. The van der Waals surface area contributed by atoms with Gasteiger partial charge in [0.05, 0.1) is 12.0 Å².